The van der Waals surface area contributed by atoms with Gasteiger partial charge in [-0.25, -0.2) is 0 Å². The second-order valence-corrected chi connectivity index (χ2v) is 5.50. The molecule has 0 aliphatic heterocycles. The molecule has 1 aromatic carbocycles. The lowest BCUT2D eigenvalue weighted by Gasteiger charge is -2.23. The van der Waals surface area contributed by atoms with Crippen molar-refractivity contribution >= 4 is 21.6 Å². The van der Waals surface area contributed by atoms with E-state index in [1.165, 1.54) is 12.1 Å². The average molecular weight is 356 g/mol. The van der Waals surface area contributed by atoms with Crippen LogP contribution in [-0.4, -0.2) is 26.1 Å². The van der Waals surface area contributed by atoms with Crippen LogP contribution in [0.15, 0.2) is 22.7 Å². The number of nitrogens with one attached hydrogen (secondary N) is 1. The van der Waals surface area contributed by atoms with E-state index in [-0.39, 0.29) is 16.3 Å². The maximum atomic E-state index is 12.2. The second kappa shape index (κ2) is 7.17. The van der Waals surface area contributed by atoms with E-state index in [9.17, 15) is 13.2 Å². The topological polar surface area (TPSA) is 30.5 Å². The van der Waals surface area contributed by atoms with Crippen LogP contribution < -0.4 is 10.1 Å². The Balaban J connectivity index is 2.81. The molecule has 20 heavy (non-hydrogen) atoms. The summed E-state index contributed by atoms with van der Waals surface area (Å²) in [6, 6.07) is 4.42. The van der Waals surface area contributed by atoms with Gasteiger partial charge in [-0.1, -0.05) is 13.8 Å². The summed E-state index contributed by atoms with van der Waals surface area (Å²) >= 11 is 3.07. The molecule has 1 N–H and O–H groups in total. The normalized spacial score (nSPS) is 13.4. The zero-order valence-corrected chi connectivity index (χ0v) is 13.0. The van der Waals surface area contributed by atoms with Crippen molar-refractivity contribution in [3.63, 3.8) is 0 Å². The van der Waals surface area contributed by atoms with Crippen molar-refractivity contribution in [1.29, 1.82) is 0 Å². The van der Waals surface area contributed by atoms with E-state index in [1.807, 2.05) is 13.8 Å². The third kappa shape index (κ3) is 5.58. The molecule has 0 spiro atoms. The fourth-order valence-corrected chi connectivity index (χ4v) is 2.05. The first-order valence-corrected chi connectivity index (χ1v) is 6.83. The van der Waals surface area contributed by atoms with Crippen molar-refractivity contribution in [2.24, 2.45) is 5.92 Å². The van der Waals surface area contributed by atoms with E-state index in [0.717, 1.165) is 0 Å². The van der Waals surface area contributed by atoms with Crippen molar-refractivity contribution in [3.05, 3.63) is 22.7 Å². The van der Waals surface area contributed by atoms with Gasteiger partial charge in [0.2, 0.25) is 0 Å². The van der Waals surface area contributed by atoms with Crippen LogP contribution in [0.1, 0.15) is 13.8 Å². The molecule has 114 valence electrons. The molecule has 0 radical (unpaired) electrons. The minimum absolute atomic E-state index is 0.0706. The Morgan fingerprint density at radius 3 is 2.40 bits per heavy atom. The van der Waals surface area contributed by atoms with Crippen molar-refractivity contribution in [3.8, 4) is 5.75 Å². The summed E-state index contributed by atoms with van der Waals surface area (Å²) < 4.78 is 45.7. The predicted molar refractivity (Wildman–Crippen MR) is 74.9 cm³/mol. The van der Waals surface area contributed by atoms with Crippen LogP contribution in [0, 0.1) is 5.92 Å². The number of hydrogen-bond donors (Lipinski definition) is 1. The molecule has 1 rings (SSSR count). The zero-order chi connectivity index (χ0) is 15.3. The number of alkyl halides is 3. The Kier molecular flexibility index (Phi) is 6.13. The van der Waals surface area contributed by atoms with Gasteiger partial charge in [0.1, 0.15) is 5.75 Å². The molecule has 0 bridgehead atoms. The fraction of sp³-hybridized carbons (Fsp3) is 0.538. The summed E-state index contributed by atoms with van der Waals surface area (Å²) in [5.74, 6) is 0.0516. The number of rotatable bonds is 6. The van der Waals surface area contributed by atoms with Crippen LogP contribution in [-0.2, 0) is 4.74 Å². The minimum atomic E-state index is -4.70. The van der Waals surface area contributed by atoms with Crippen LogP contribution in [0.3, 0.4) is 0 Å². The van der Waals surface area contributed by atoms with Crippen LogP contribution in [0.25, 0.3) is 0 Å². The Hall–Kier alpha value is -0.950. The Morgan fingerprint density at radius 2 is 1.95 bits per heavy atom. The molecule has 3 nitrogen and oxygen atoms in total. The molecular formula is C13H17BrF3NO2. The highest BCUT2D eigenvalue weighted by Crippen LogP contribution is 2.32. The van der Waals surface area contributed by atoms with Crippen molar-refractivity contribution in [2.75, 3.05) is 19.0 Å². The molecule has 0 fully saturated rings. The molecule has 7 heteroatoms. The van der Waals surface area contributed by atoms with Crippen molar-refractivity contribution < 1.29 is 22.6 Å². The third-order valence-corrected chi connectivity index (χ3v) is 3.28. The number of benzene rings is 1. The largest absolute Gasteiger partial charge is 0.573 e. The van der Waals surface area contributed by atoms with E-state index in [1.54, 1.807) is 13.2 Å². The molecular weight excluding hydrogens is 339 g/mol. The number of anilines is 1. The standard InChI is InChI=1S/C13H17BrF3NO2/c1-8(2)11(7-19-3)18-9-4-5-12(10(14)6-9)20-13(15,16)17/h4-6,8,11,18H,7H2,1-3H3. The highest BCUT2D eigenvalue weighted by Gasteiger charge is 2.32. The summed E-state index contributed by atoms with van der Waals surface area (Å²) in [5.41, 5.74) is 0.696. The maximum Gasteiger partial charge on any atom is 0.573 e. The minimum Gasteiger partial charge on any atom is -0.405 e. The third-order valence-electron chi connectivity index (χ3n) is 2.66. The smallest absolute Gasteiger partial charge is 0.405 e. The fourth-order valence-electron chi connectivity index (χ4n) is 1.59. The lowest BCUT2D eigenvalue weighted by atomic mass is 10.1. The van der Waals surface area contributed by atoms with Crippen molar-refractivity contribution in [1.82, 2.24) is 0 Å². The summed E-state index contributed by atoms with van der Waals surface area (Å²) in [6.07, 6.45) is -4.70. The van der Waals surface area contributed by atoms with Gasteiger partial charge in [0.15, 0.2) is 0 Å². The summed E-state index contributed by atoms with van der Waals surface area (Å²) in [7, 11) is 1.60. The monoisotopic (exact) mass is 355 g/mol. The van der Waals surface area contributed by atoms with Gasteiger partial charge in [0, 0.05) is 12.8 Å². The summed E-state index contributed by atoms with van der Waals surface area (Å²) in [4.78, 5) is 0. The van der Waals surface area contributed by atoms with Gasteiger partial charge in [-0.2, -0.15) is 0 Å². The summed E-state index contributed by atoms with van der Waals surface area (Å²) in [5, 5.41) is 3.22. The zero-order valence-electron chi connectivity index (χ0n) is 11.4. The first kappa shape index (κ1) is 17.1. The quantitative estimate of drug-likeness (QED) is 0.818. The Labute approximate surface area is 124 Å². The molecule has 1 unspecified atom stereocenters. The highest BCUT2D eigenvalue weighted by molar-refractivity contribution is 9.10. The second-order valence-electron chi connectivity index (χ2n) is 4.64. The maximum absolute atomic E-state index is 12.2. The first-order chi connectivity index (χ1) is 9.23. The molecule has 1 atom stereocenters. The van der Waals surface area contributed by atoms with Gasteiger partial charge in [-0.05, 0) is 40.0 Å². The molecule has 0 amide bonds. The number of ether oxygens (including phenoxy) is 2. The average Bonchev–Trinajstić information content (AvgIpc) is 2.30. The lowest BCUT2D eigenvalue weighted by molar-refractivity contribution is -0.274. The first-order valence-electron chi connectivity index (χ1n) is 6.03. The van der Waals surface area contributed by atoms with E-state index in [2.05, 4.69) is 26.0 Å². The SMILES string of the molecule is COCC(Nc1ccc(OC(F)(F)F)c(Br)c1)C(C)C. The van der Waals surface area contributed by atoms with Crippen molar-refractivity contribution in [2.45, 2.75) is 26.3 Å². The Morgan fingerprint density at radius 1 is 1.30 bits per heavy atom. The van der Waals surface area contributed by atoms with Gasteiger partial charge in [0.25, 0.3) is 0 Å². The summed E-state index contributed by atoms with van der Waals surface area (Å²) in [6.45, 7) is 4.58. The predicted octanol–water partition coefficient (Wildman–Crippen LogP) is 4.43. The molecule has 0 aromatic heterocycles. The van der Waals surface area contributed by atoms with E-state index < -0.39 is 6.36 Å². The van der Waals surface area contributed by atoms with Crippen LogP contribution in [0.4, 0.5) is 18.9 Å². The molecule has 0 heterocycles. The van der Waals surface area contributed by atoms with E-state index in [4.69, 9.17) is 4.74 Å². The van der Waals surface area contributed by atoms with Crippen LogP contribution >= 0.6 is 15.9 Å². The molecule has 1 aromatic rings. The van der Waals surface area contributed by atoms with E-state index in [0.29, 0.717) is 18.2 Å². The molecule has 0 aliphatic rings. The number of halogens is 4. The Bertz CT molecular complexity index is 438. The van der Waals surface area contributed by atoms with Crippen LogP contribution in [0.2, 0.25) is 0 Å². The van der Waals surface area contributed by atoms with Gasteiger partial charge in [-0.15, -0.1) is 13.2 Å². The van der Waals surface area contributed by atoms with Gasteiger partial charge < -0.3 is 14.8 Å². The van der Waals surface area contributed by atoms with Crippen LogP contribution in [0.5, 0.6) is 5.75 Å². The number of methoxy groups -OCH3 is 1. The highest BCUT2D eigenvalue weighted by atomic mass is 79.9. The molecule has 0 saturated heterocycles. The van der Waals surface area contributed by atoms with Gasteiger partial charge in [-0.3, -0.25) is 0 Å². The number of hydrogen-bond acceptors (Lipinski definition) is 3. The van der Waals surface area contributed by atoms with E-state index >= 15 is 0 Å². The van der Waals surface area contributed by atoms with Gasteiger partial charge >= 0.3 is 6.36 Å². The van der Waals surface area contributed by atoms with Gasteiger partial charge in [0.05, 0.1) is 17.1 Å². The molecule has 0 saturated carbocycles. The lowest BCUT2D eigenvalue weighted by Crippen LogP contribution is -2.30. The molecule has 0 aliphatic carbocycles.